The predicted octanol–water partition coefficient (Wildman–Crippen LogP) is 1.08. The Morgan fingerprint density at radius 1 is 1.23 bits per heavy atom. The number of hydrogen-bond acceptors (Lipinski definition) is 1. The summed E-state index contributed by atoms with van der Waals surface area (Å²) in [5.74, 6) is -1.35. The van der Waals surface area contributed by atoms with Crippen molar-refractivity contribution in [1.82, 2.24) is 0 Å². The summed E-state index contributed by atoms with van der Waals surface area (Å²) in [5.41, 5.74) is -1.47. The van der Waals surface area contributed by atoms with E-state index in [1.54, 1.807) is 0 Å². The van der Waals surface area contributed by atoms with Crippen LogP contribution in [0.5, 0.6) is 0 Å². The van der Waals surface area contributed by atoms with Gasteiger partial charge in [0.05, 0.1) is 5.56 Å². The van der Waals surface area contributed by atoms with Gasteiger partial charge in [-0.15, -0.1) is 0 Å². The largest absolute Gasteiger partial charge is 0.450 e. The minimum Gasteiger partial charge on any atom is -0.450 e. The van der Waals surface area contributed by atoms with Crippen molar-refractivity contribution in [3.05, 3.63) is 29.6 Å². The Hall–Kier alpha value is -1.04. The zero-order chi connectivity index (χ0) is 10.1. The molecule has 1 N–H and O–H groups in total. The van der Waals surface area contributed by atoms with E-state index in [-0.39, 0.29) is 5.46 Å². The normalized spacial score (nSPS) is 11.5. The average Bonchev–Trinajstić information content (AvgIpc) is 2.03. The van der Waals surface area contributed by atoms with Crippen LogP contribution in [0.4, 0.5) is 17.6 Å². The van der Waals surface area contributed by atoms with Gasteiger partial charge in [0.1, 0.15) is 5.82 Å². The second kappa shape index (κ2) is 3.37. The van der Waals surface area contributed by atoms with Gasteiger partial charge < -0.3 is 5.02 Å². The molecule has 0 aromatic heterocycles. The minimum atomic E-state index is -4.73. The van der Waals surface area contributed by atoms with Crippen LogP contribution in [-0.4, -0.2) is 12.5 Å². The lowest BCUT2D eigenvalue weighted by Crippen LogP contribution is -2.18. The lowest BCUT2D eigenvalue weighted by Gasteiger charge is -2.08. The fourth-order valence-corrected chi connectivity index (χ4v) is 0.840. The van der Waals surface area contributed by atoms with Crippen LogP contribution in [0.3, 0.4) is 0 Å². The quantitative estimate of drug-likeness (QED) is 0.520. The van der Waals surface area contributed by atoms with Crippen LogP contribution in [0.1, 0.15) is 5.56 Å². The van der Waals surface area contributed by atoms with Crippen LogP contribution >= 0.6 is 0 Å². The Morgan fingerprint density at radius 3 is 2.31 bits per heavy atom. The van der Waals surface area contributed by atoms with Gasteiger partial charge in [-0.2, -0.15) is 13.2 Å². The van der Waals surface area contributed by atoms with Crippen LogP contribution in [0.15, 0.2) is 18.2 Å². The van der Waals surface area contributed by atoms with Crippen molar-refractivity contribution in [2.24, 2.45) is 0 Å². The maximum absolute atomic E-state index is 12.6. The molecule has 1 radical (unpaired) electrons. The molecule has 0 bridgehead atoms. The smallest absolute Gasteiger partial charge is 0.419 e. The minimum absolute atomic E-state index is 0.0891. The van der Waals surface area contributed by atoms with E-state index in [2.05, 4.69) is 0 Å². The molecule has 0 unspecified atom stereocenters. The van der Waals surface area contributed by atoms with E-state index >= 15 is 0 Å². The van der Waals surface area contributed by atoms with Crippen molar-refractivity contribution in [2.45, 2.75) is 6.18 Å². The number of rotatable bonds is 1. The highest BCUT2D eigenvalue weighted by Gasteiger charge is 2.34. The van der Waals surface area contributed by atoms with Gasteiger partial charge in [-0.05, 0) is 6.07 Å². The lowest BCUT2D eigenvalue weighted by molar-refractivity contribution is -0.139. The summed E-state index contributed by atoms with van der Waals surface area (Å²) in [7, 11) is 0.481. The van der Waals surface area contributed by atoms with Crippen molar-refractivity contribution in [3.63, 3.8) is 0 Å². The van der Waals surface area contributed by atoms with Crippen LogP contribution in [0.2, 0.25) is 0 Å². The van der Waals surface area contributed by atoms with Gasteiger partial charge >= 0.3 is 13.7 Å². The highest BCUT2D eigenvalue weighted by molar-refractivity contribution is 6.45. The van der Waals surface area contributed by atoms with E-state index in [0.29, 0.717) is 19.6 Å². The Kier molecular flexibility index (Phi) is 2.61. The van der Waals surface area contributed by atoms with Crippen LogP contribution in [0, 0.1) is 5.82 Å². The molecule has 0 fully saturated rings. The van der Waals surface area contributed by atoms with Gasteiger partial charge in [0.25, 0.3) is 0 Å². The van der Waals surface area contributed by atoms with Crippen molar-refractivity contribution in [3.8, 4) is 0 Å². The first-order chi connectivity index (χ1) is 5.95. The molecule has 0 aliphatic heterocycles. The zero-order valence-electron chi connectivity index (χ0n) is 6.27. The molecule has 1 aromatic carbocycles. The zero-order valence-corrected chi connectivity index (χ0v) is 6.27. The molecule has 1 aromatic rings. The maximum Gasteiger partial charge on any atom is 0.419 e. The molecule has 0 saturated heterocycles. The molecule has 0 saturated carbocycles. The van der Waals surface area contributed by atoms with Crippen molar-refractivity contribution in [2.75, 3.05) is 0 Å². The first-order valence-corrected chi connectivity index (χ1v) is 3.29. The van der Waals surface area contributed by atoms with Gasteiger partial charge in [-0.3, -0.25) is 0 Å². The highest BCUT2D eigenvalue weighted by Crippen LogP contribution is 2.30. The van der Waals surface area contributed by atoms with E-state index in [0.717, 1.165) is 6.07 Å². The van der Waals surface area contributed by atoms with Gasteiger partial charge in [0.15, 0.2) is 0 Å². The third-order valence-corrected chi connectivity index (χ3v) is 1.44. The van der Waals surface area contributed by atoms with Crippen molar-refractivity contribution < 1.29 is 22.6 Å². The highest BCUT2D eigenvalue weighted by atomic mass is 19.4. The van der Waals surface area contributed by atoms with Crippen LogP contribution < -0.4 is 5.46 Å². The molecule has 6 heteroatoms. The molecule has 0 aliphatic rings. The van der Waals surface area contributed by atoms with Gasteiger partial charge in [-0.25, -0.2) is 4.39 Å². The Morgan fingerprint density at radius 2 is 1.85 bits per heavy atom. The predicted molar refractivity (Wildman–Crippen MR) is 39.0 cm³/mol. The summed E-state index contributed by atoms with van der Waals surface area (Å²) in [6.45, 7) is 0. The molecule has 1 rings (SSSR count). The standard InChI is InChI=1S/C7H4BF4O/c9-6-2-1-4(8-13)3-5(6)7(10,11)12/h1-3,13H. The Bertz CT molecular complexity index is 310. The molecular formula is C7H4BF4O. The third kappa shape index (κ3) is 2.21. The topological polar surface area (TPSA) is 20.2 Å². The number of benzene rings is 1. The van der Waals surface area contributed by atoms with E-state index in [9.17, 15) is 17.6 Å². The second-order valence-corrected chi connectivity index (χ2v) is 2.37. The van der Waals surface area contributed by atoms with Crippen LogP contribution in [0.25, 0.3) is 0 Å². The van der Waals surface area contributed by atoms with Crippen molar-refractivity contribution >= 4 is 12.9 Å². The molecule has 13 heavy (non-hydrogen) atoms. The van der Waals surface area contributed by atoms with E-state index in [1.165, 1.54) is 0 Å². The van der Waals surface area contributed by atoms with Gasteiger partial charge in [-0.1, -0.05) is 17.6 Å². The van der Waals surface area contributed by atoms with E-state index < -0.39 is 17.6 Å². The number of halogens is 4. The number of hydrogen-bond donors (Lipinski definition) is 1. The first-order valence-electron chi connectivity index (χ1n) is 3.29. The summed E-state index contributed by atoms with van der Waals surface area (Å²) in [6, 6.07) is 2.24. The Labute approximate surface area is 72.3 Å². The average molecular weight is 191 g/mol. The Balaban J connectivity index is 3.19. The summed E-state index contributed by atoms with van der Waals surface area (Å²) in [4.78, 5) is 0. The fourth-order valence-electron chi connectivity index (χ4n) is 0.840. The summed E-state index contributed by atoms with van der Waals surface area (Å²) in [6.07, 6.45) is -4.73. The van der Waals surface area contributed by atoms with Gasteiger partial charge in [0, 0.05) is 0 Å². The molecule has 0 heterocycles. The molecule has 0 amide bonds. The summed E-state index contributed by atoms with van der Waals surface area (Å²) in [5, 5.41) is 8.40. The monoisotopic (exact) mass is 191 g/mol. The van der Waals surface area contributed by atoms with E-state index in [1.807, 2.05) is 0 Å². The third-order valence-electron chi connectivity index (χ3n) is 1.44. The molecule has 0 aliphatic carbocycles. The van der Waals surface area contributed by atoms with Gasteiger partial charge in [0.2, 0.25) is 0 Å². The second-order valence-electron chi connectivity index (χ2n) is 2.37. The fraction of sp³-hybridized carbons (Fsp3) is 0.143. The van der Waals surface area contributed by atoms with E-state index in [4.69, 9.17) is 5.02 Å². The SMILES string of the molecule is O[B]c1ccc(F)c(C(F)(F)F)c1. The maximum atomic E-state index is 12.6. The van der Waals surface area contributed by atoms with Crippen LogP contribution in [-0.2, 0) is 6.18 Å². The number of alkyl halides is 3. The molecule has 0 spiro atoms. The molecule has 69 valence electrons. The molecule has 0 atom stereocenters. The lowest BCUT2D eigenvalue weighted by atomic mass is 9.87. The molecule has 1 nitrogen and oxygen atoms in total. The summed E-state index contributed by atoms with van der Waals surface area (Å²) < 4.78 is 48.7. The first kappa shape index (κ1) is 10.0. The molecular weight excluding hydrogens is 187 g/mol. The summed E-state index contributed by atoms with van der Waals surface area (Å²) >= 11 is 0. The van der Waals surface area contributed by atoms with Crippen molar-refractivity contribution in [1.29, 1.82) is 0 Å².